The second-order valence-corrected chi connectivity index (χ2v) is 7.73. The average molecular weight is 413 g/mol. The van der Waals surface area contributed by atoms with Crippen molar-refractivity contribution in [1.29, 1.82) is 0 Å². The molecule has 2 N–H and O–H groups in total. The molecular formula is C25H23N3O3. The maximum atomic E-state index is 12.9. The molecule has 1 atom stereocenters. The van der Waals surface area contributed by atoms with Crippen molar-refractivity contribution in [3.05, 3.63) is 99.5 Å². The number of fused-ring (bicyclic) bond motifs is 1. The maximum Gasteiger partial charge on any atom is 0.337 e. The number of nitrogens with zero attached hydrogens (tertiary/aromatic N) is 2. The third kappa shape index (κ3) is 4.05. The number of aromatic carboxylic acids is 1. The molecule has 0 spiro atoms. The molecule has 1 unspecified atom stereocenters. The minimum absolute atomic E-state index is 0.163. The highest BCUT2D eigenvalue weighted by molar-refractivity contribution is 5.94. The Morgan fingerprint density at radius 3 is 2.45 bits per heavy atom. The highest BCUT2D eigenvalue weighted by Gasteiger charge is 2.17. The van der Waals surface area contributed by atoms with Gasteiger partial charge < -0.3 is 10.4 Å². The number of para-hydroxylation sites is 1. The molecule has 0 saturated carbocycles. The zero-order valence-electron chi connectivity index (χ0n) is 17.6. The number of nitrogens with one attached hydrogen (secondary N) is 1. The molecule has 2 heterocycles. The van der Waals surface area contributed by atoms with Crippen LogP contribution in [0, 0.1) is 13.8 Å². The Morgan fingerprint density at radius 1 is 1.03 bits per heavy atom. The van der Waals surface area contributed by atoms with E-state index in [0.29, 0.717) is 17.0 Å². The van der Waals surface area contributed by atoms with E-state index in [4.69, 9.17) is 4.98 Å². The van der Waals surface area contributed by atoms with Gasteiger partial charge in [0.2, 0.25) is 0 Å². The smallest absolute Gasteiger partial charge is 0.337 e. The number of pyridine rings is 1. The molecule has 2 aromatic carbocycles. The highest BCUT2D eigenvalue weighted by Crippen LogP contribution is 2.26. The predicted octanol–water partition coefficient (Wildman–Crippen LogP) is 4.85. The monoisotopic (exact) mass is 413 g/mol. The lowest BCUT2D eigenvalue weighted by molar-refractivity contribution is 0.0698. The Morgan fingerprint density at radius 2 is 1.74 bits per heavy atom. The summed E-state index contributed by atoms with van der Waals surface area (Å²) in [4.78, 5) is 29.3. The van der Waals surface area contributed by atoms with Crippen molar-refractivity contribution in [2.24, 2.45) is 0 Å². The first-order chi connectivity index (χ1) is 14.8. The normalized spacial score (nSPS) is 12.0. The van der Waals surface area contributed by atoms with E-state index < -0.39 is 5.97 Å². The van der Waals surface area contributed by atoms with Crippen molar-refractivity contribution >= 4 is 17.3 Å². The van der Waals surface area contributed by atoms with E-state index in [1.54, 1.807) is 40.9 Å². The van der Waals surface area contributed by atoms with Crippen molar-refractivity contribution in [2.75, 3.05) is 5.32 Å². The molecule has 31 heavy (non-hydrogen) atoms. The predicted molar refractivity (Wildman–Crippen MR) is 122 cm³/mol. The number of benzene rings is 2. The largest absolute Gasteiger partial charge is 0.478 e. The number of rotatable bonds is 5. The zero-order chi connectivity index (χ0) is 22.1. The van der Waals surface area contributed by atoms with Gasteiger partial charge in [0, 0.05) is 29.1 Å². The molecule has 4 rings (SSSR count). The summed E-state index contributed by atoms with van der Waals surface area (Å²) in [5.74, 6) is -1.000. The van der Waals surface area contributed by atoms with Gasteiger partial charge in [-0.15, -0.1) is 0 Å². The molecule has 0 amide bonds. The molecule has 0 radical (unpaired) electrons. The van der Waals surface area contributed by atoms with Crippen molar-refractivity contribution < 1.29 is 9.90 Å². The van der Waals surface area contributed by atoms with Gasteiger partial charge in [0.15, 0.2) is 0 Å². The van der Waals surface area contributed by atoms with Crippen LogP contribution >= 0.6 is 0 Å². The summed E-state index contributed by atoms with van der Waals surface area (Å²) < 4.78 is 1.55. The minimum atomic E-state index is -1.000. The lowest BCUT2D eigenvalue weighted by atomic mass is 10.1. The van der Waals surface area contributed by atoms with Gasteiger partial charge in [-0.25, -0.2) is 9.78 Å². The van der Waals surface area contributed by atoms with Gasteiger partial charge in [0.05, 0.1) is 17.3 Å². The molecule has 0 aliphatic rings. The second-order valence-electron chi connectivity index (χ2n) is 7.73. The van der Waals surface area contributed by atoms with Gasteiger partial charge in [-0.3, -0.25) is 9.20 Å². The van der Waals surface area contributed by atoms with Crippen LogP contribution in [-0.4, -0.2) is 20.5 Å². The van der Waals surface area contributed by atoms with Crippen LogP contribution in [0.2, 0.25) is 0 Å². The third-order valence-electron chi connectivity index (χ3n) is 5.27. The number of hydrogen-bond donors (Lipinski definition) is 2. The summed E-state index contributed by atoms with van der Waals surface area (Å²) in [6, 6.07) is 17.9. The van der Waals surface area contributed by atoms with Crippen LogP contribution < -0.4 is 10.9 Å². The summed E-state index contributed by atoms with van der Waals surface area (Å²) in [6.07, 6.45) is 1.77. The number of anilines is 1. The molecule has 0 bridgehead atoms. The summed E-state index contributed by atoms with van der Waals surface area (Å²) in [7, 11) is 0. The van der Waals surface area contributed by atoms with E-state index >= 15 is 0 Å². The van der Waals surface area contributed by atoms with E-state index in [2.05, 4.69) is 5.32 Å². The number of carbonyl (C=O) groups is 1. The fraction of sp³-hybridized carbons (Fsp3) is 0.160. The van der Waals surface area contributed by atoms with E-state index in [1.165, 1.54) is 0 Å². The third-order valence-corrected chi connectivity index (χ3v) is 5.27. The Balaban J connectivity index is 1.84. The van der Waals surface area contributed by atoms with Crippen LogP contribution in [0.15, 0.2) is 71.7 Å². The SMILES string of the molecule is Cc1ccc(-c2cc(=O)n3cc(C)cc(C(C)Nc4ccccc4C(=O)O)c3n2)cc1. The zero-order valence-corrected chi connectivity index (χ0v) is 17.6. The highest BCUT2D eigenvalue weighted by atomic mass is 16.4. The first-order valence-corrected chi connectivity index (χ1v) is 10.0. The first kappa shape index (κ1) is 20.3. The standard InChI is InChI=1S/C25H23N3O3/c1-15-8-10-18(11-9-15)22-13-23(29)28-14-16(2)12-20(24(28)27-22)17(3)26-21-7-5-4-6-19(21)25(30)31/h4-14,17,26H,1-3H3,(H,30,31). The van der Waals surface area contributed by atoms with E-state index in [9.17, 15) is 14.7 Å². The number of aromatic nitrogens is 2. The topological polar surface area (TPSA) is 83.7 Å². The summed E-state index contributed by atoms with van der Waals surface area (Å²) in [5.41, 5.74) is 5.41. The summed E-state index contributed by atoms with van der Waals surface area (Å²) in [6.45, 7) is 5.86. The van der Waals surface area contributed by atoms with Crippen LogP contribution in [-0.2, 0) is 0 Å². The number of aryl methyl sites for hydroxylation is 2. The van der Waals surface area contributed by atoms with E-state index in [0.717, 1.165) is 22.3 Å². The fourth-order valence-corrected chi connectivity index (χ4v) is 3.67. The van der Waals surface area contributed by atoms with Crippen molar-refractivity contribution in [3.8, 4) is 11.3 Å². The van der Waals surface area contributed by atoms with Crippen LogP contribution in [0.5, 0.6) is 0 Å². The van der Waals surface area contributed by atoms with E-state index in [-0.39, 0.29) is 17.2 Å². The molecule has 0 aliphatic carbocycles. The van der Waals surface area contributed by atoms with E-state index in [1.807, 2.05) is 51.1 Å². The number of carboxylic acid groups (broad SMARTS) is 1. The van der Waals surface area contributed by atoms with Crippen molar-refractivity contribution in [3.63, 3.8) is 0 Å². The van der Waals surface area contributed by atoms with Gasteiger partial charge in [-0.2, -0.15) is 0 Å². The van der Waals surface area contributed by atoms with Crippen LogP contribution in [0.25, 0.3) is 16.9 Å². The van der Waals surface area contributed by atoms with Gasteiger partial charge in [-0.1, -0.05) is 42.0 Å². The summed E-state index contributed by atoms with van der Waals surface area (Å²) >= 11 is 0. The molecule has 2 aromatic heterocycles. The van der Waals surface area contributed by atoms with Gasteiger partial charge in [-0.05, 0) is 44.5 Å². The Labute approximate surface area is 179 Å². The lowest BCUT2D eigenvalue weighted by Crippen LogP contribution is -2.19. The minimum Gasteiger partial charge on any atom is -0.478 e. The second kappa shape index (κ2) is 8.07. The maximum absolute atomic E-state index is 12.9. The Kier molecular flexibility index (Phi) is 5.29. The molecule has 0 aliphatic heterocycles. The molecule has 0 saturated heterocycles. The molecule has 156 valence electrons. The molecule has 4 aromatic rings. The lowest BCUT2D eigenvalue weighted by Gasteiger charge is -2.20. The van der Waals surface area contributed by atoms with Crippen LogP contribution in [0.3, 0.4) is 0 Å². The van der Waals surface area contributed by atoms with Gasteiger partial charge >= 0.3 is 5.97 Å². The molecule has 6 nitrogen and oxygen atoms in total. The quantitative estimate of drug-likeness (QED) is 0.489. The van der Waals surface area contributed by atoms with Crippen molar-refractivity contribution in [1.82, 2.24) is 9.38 Å². The average Bonchev–Trinajstić information content (AvgIpc) is 2.74. The summed E-state index contributed by atoms with van der Waals surface area (Å²) in [5, 5.41) is 12.8. The molecule has 6 heteroatoms. The first-order valence-electron chi connectivity index (χ1n) is 10.0. The van der Waals surface area contributed by atoms with Gasteiger partial charge in [0.25, 0.3) is 5.56 Å². The van der Waals surface area contributed by atoms with Gasteiger partial charge in [0.1, 0.15) is 5.65 Å². The van der Waals surface area contributed by atoms with Crippen LogP contribution in [0.4, 0.5) is 5.69 Å². The molecule has 0 fully saturated rings. The number of carboxylic acids is 1. The Bertz CT molecular complexity index is 1340. The van der Waals surface area contributed by atoms with Crippen molar-refractivity contribution in [2.45, 2.75) is 26.8 Å². The van der Waals surface area contributed by atoms with Crippen LogP contribution in [0.1, 0.15) is 40.0 Å². The fourth-order valence-electron chi connectivity index (χ4n) is 3.67. The molecular weight excluding hydrogens is 390 g/mol. The Hall–Kier alpha value is -3.93. The number of hydrogen-bond acceptors (Lipinski definition) is 4.